The van der Waals surface area contributed by atoms with Gasteiger partial charge in [-0.25, -0.2) is 4.98 Å². The Morgan fingerprint density at radius 3 is 2.57 bits per heavy atom. The molecule has 2 heterocycles. The monoisotopic (exact) mass is 343 g/mol. The molecule has 5 heteroatoms. The first kappa shape index (κ1) is 13.8. The molecule has 4 nitrogen and oxygen atoms in total. The Morgan fingerprint density at radius 1 is 1.14 bits per heavy atom. The number of benzene rings is 1. The molecule has 1 amide bonds. The van der Waals surface area contributed by atoms with E-state index >= 15 is 0 Å². The van der Waals surface area contributed by atoms with Crippen LogP contribution in [0.5, 0.6) is 0 Å². The normalized spacial score (nSPS) is 10.8. The van der Waals surface area contributed by atoms with Crippen molar-refractivity contribution in [2.75, 3.05) is 5.32 Å². The Hall–Kier alpha value is -2.14. The molecule has 0 aliphatic heterocycles. The van der Waals surface area contributed by atoms with Gasteiger partial charge in [-0.1, -0.05) is 18.2 Å². The van der Waals surface area contributed by atoms with E-state index in [2.05, 4.69) is 26.2 Å². The van der Waals surface area contributed by atoms with Crippen LogP contribution in [0.3, 0.4) is 0 Å². The largest absolute Gasteiger partial charge is 0.320 e. The van der Waals surface area contributed by atoms with Crippen molar-refractivity contribution >= 4 is 33.2 Å². The highest BCUT2D eigenvalue weighted by Crippen LogP contribution is 2.20. The highest BCUT2D eigenvalue weighted by Gasteiger charge is 2.13. The minimum Gasteiger partial charge on any atom is -0.320 e. The number of imidazole rings is 1. The van der Waals surface area contributed by atoms with Crippen LogP contribution in [0.15, 0.2) is 47.2 Å². The number of anilines is 1. The van der Waals surface area contributed by atoms with Gasteiger partial charge in [0.1, 0.15) is 11.3 Å². The highest BCUT2D eigenvalue weighted by molar-refractivity contribution is 9.10. The van der Waals surface area contributed by atoms with Crippen LogP contribution < -0.4 is 5.32 Å². The van der Waals surface area contributed by atoms with Crippen molar-refractivity contribution < 1.29 is 4.79 Å². The summed E-state index contributed by atoms with van der Waals surface area (Å²) < 4.78 is 2.76. The summed E-state index contributed by atoms with van der Waals surface area (Å²) in [4.78, 5) is 16.7. The predicted molar refractivity (Wildman–Crippen MR) is 86.8 cm³/mol. The standard InChI is InChI=1S/C16H14BrN3O/c1-10-4-3-5-11(2)15(10)19-16(21)13-9-20-8-12(17)6-7-14(20)18-13/h3-9H,1-2H3,(H,19,21). The van der Waals surface area contributed by atoms with Crippen LogP contribution in [0, 0.1) is 13.8 Å². The topological polar surface area (TPSA) is 46.4 Å². The third kappa shape index (κ3) is 2.69. The number of para-hydroxylation sites is 1. The fourth-order valence-corrected chi connectivity index (χ4v) is 2.62. The molecule has 0 unspecified atom stereocenters. The van der Waals surface area contributed by atoms with E-state index < -0.39 is 0 Å². The molecule has 0 aliphatic carbocycles. The van der Waals surface area contributed by atoms with E-state index in [0.29, 0.717) is 5.69 Å². The third-order valence-corrected chi connectivity index (χ3v) is 3.84. The number of aromatic nitrogens is 2. The van der Waals surface area contributed by atoms with Crippen LogP contribution in [0.4, 0.5) is 5.69 Å². The molecule has 3 rings (SSSR count). The maximum absolute atomic E-state index is 12.4. The van der Waals surface area contributed by atoms with Gasteiger partial charge in [0, 0.05) is 22.6 Å². The number of halogens is 1. The minimum absolute atomic E-state index is 0.202. The molecular formula is C16H14BrN3O. The van der Waals surface area contributed by atoms with Crippen LogP contribution in [0.2, 0.25) is 0 Å². The number of pyridine rings is 1. The number of carbonyl (C=O) groups excluding carboxylic acids is 1. The summed E-state index contributed by atoms with van der Waals surface area (Å²) >= 11 is 3.40. The lowest BCUT2D eigenvalue weighted by Crippen LogP contribution is -2.14. The van der Waals surface area contributed by atoms with E-state index in [0.717, 1.165) is 26.9 Å². The molecule has 21 heavy (non-hydrogen) atoms. The molecule has 0 saturated heterocycles. The van der Waals surface area contributed by atoms with Gasteiger partial charge in [-0.15, -0.1) is 0 Å². The molecule has 3 aromatic rings. The molecular weight excluding hydrogens is 330 g/mol. The summed E-state index contributed by atoms with van der Waals surface area (Å²) in [5.74, 6) is -0.202. The number of hydrogen-bond donors (Lipinski definition) is 1. The molecule has 0 atom stereocenters. The lowest BCUT2D eigenvalue weighted by atomic mass is 10.1. The van der Waals surface area contributed by atoms with Crippen LogP contribution >= 0.6 is 15.9 Å². The molecule has 0 radical (unpaired) electrons. The van der Waals surface area contributed by atoms with E-state index in [1.165, 1.54) is 0 Å². The van der Waals surface area contributed by atoms with Crippen LogP contribution in [0.1, 0.15) is 21.6 Å². The summed E-state index contributed by atoms with van der Waals surface area (Å²) in [6.07, 6.45) is 3.60. The van der Waals surface area contributed by atoms with Crippen molar-refractivity contribution in [2.24, 2.45) is 0 Å². The molecule has 0 aliphatic rings. The van der Waals surface area contributed by atoms with E-state index in [1.807, 2.05) is 54.8 Å². The molecule has 106 valence electrons. The summed E-state index contributed by atoms with van der Waals surface area (Å²) in [5.41, 5.74) is 4.06. The molecule has 2 aromatic heterocycles. The summed E-state index contributed by atoms with van der Waals surface area (Å²) in [5, 5.41) is 2.94. The zero-order valence-corrected chi connectivity index (χ0v) is 13.3. The number of nitrogens with zero attached hydrogens (tertiary/aromatic N) is 2. The van der Waals surface area contributed by atoms with Crippen molar-refractivity contribution in [1.29, 1.82) is 0 Å². The van der Waals surface area contributed by atoms with Gasteiger partial charge in [0.15, 0.2) is 0 Å². The second-order valence-electron chi connectivity index (χ2n) is 4.96. The Balaban J connectivity index is 1.94. The average Bonchev–Trinajstić information content (AvgIpc) is 2.86. The number of fused-ring (bicyclic) bond motifs is 1. The predicted octanol–water partition coefficient (Wildman–Crippen LogP) is 3.97. The van der Waals surface area contributed by atoms with Gasteiger partial charge in [-0.3, -0.25) is 4.79 Å². The van der Waals surface area contributed by atoms with Crippen molar-refractivity contribution in [3.63, 3.8) is 0 Å². The fourth-order valence-electron chi connectivity index (χ4n) is 2.26. The number of hydrogen-bond acceptors (Lipinski definition) is 2. The molecule has 0 bridgehead atoms. The number of nitrogens with one attached hydrogen (secondary N) is 1. The summed E-state index contributed by atoms with van der Waals surface area (Å²) in [6.45, 7) is 3.95. The Kier molecular flexibility index (Phi) is 3.51. The van der Waals surface area contributed by atoms with Crippen molar-refractivity contribution in [2.45, 2.75) is 13.8 Å². The first-order valence-corrected chi connectivity index (χ1v) is 7.36. The van der Waals surface area contributed by atoms with Gasteiger partial charge in [0.25, 0.3) is 5.91 Å². The van der Waals surface area contributed by atoms with E-state index in [4.69, 9.17) is 0 Å². The van der Waals surface area contributed by atoms with Crippen molar-refractivity contribution in [3.8, 4) is 0 Å². The maximum atomic E-state index is 12.4. The van der Waals surface area contributed by atoms with Crippen molar-refractivity contribution in [1.82, 2.24) is 9.38 Å². The second kappa shape index (κ2) is 5.33. The van der Waals surface area contributed by atoms with Gasteiger partial charge >= 0.3 is 0 Å². The summed E-state index contributed by atoms with van der Waals surface area (Å²) in [6, 6.07) is 9.69. The van der Waals surface area contributed by atoms with E-state index in [1.54, 1.807) is 6.20 Å². The van der Waals surface area contributed by atoms with E-state index in [-0.39, 0.29) is 5.91 Å². The van der Waals surface area contributed by atoms with Gasteiger partial charge in [0.05, 0.1) is 0 Å². The SMILES string of the molecule is Cc1cccc(C)c1NC(=O)c1cn2cc(Br)ccc2n1. The zero-order chi connectivity index (χ0) is 15.0. The quantitative estimate of drug-likeness (QED) is 0.765. The molecule has 1 N–H and O–H groups in total. The zero-order valence-electron chi connectivity index (χ0n) is 11.7. The molecule has 1 aromatic carbocycles. The summed E-state index contributed by atoms with van der Waals surface area (Å²) in [7, 11) is 0. The van der Waals surface area contributed by atoms with E-state index in [9.17, 15) is 4.79 Å². The highest BCUT2D eigenvalue weighted by atomic mass is 79.9. The first-order valence-electron chi connectivity index (χ1n) is 6.56. The number of carbonyl (C=O) groups is 1. The second-order valence-corrected chi connectivity index (χ2v) is 5.88. The fraction of sp³-hybridized carbons (Fsp3) is 0.125. The van der Waals surface area contributed by atoms with Crippen LogP contribution in [0.25, 0.3) is 5.65 Å². The van der Waals surface area contributed by atoms with Crippen LogP contribution in [-0.4, -0.2) is 15.3 Å². The molecule has 0 saturated carbocycles. The average molecular weight is 344 g/mol. The van der Waals surface area contributed by atoms with Gasteiger partial charge < -0.3 is 9.72 Å². The maximum Gasteiger partial charge on any atom is 0.275 e. The van der Waals surface area contributed by atoms with Crippen molar-refractivity contribution in [3.05, 3.63) is 64.0 Å². The van der Waals surface area contributed by atoms with Gasteiger partial charge in [-0.2, -0.15) is 0 Å². The van der Waals surface area contributed by atoms with Gasteiger partial charge in [-0.05, 0) is 53.0 Å². The molecule has 0 spiro atoms. The Labute approximate surface area is 131 Å². The first-order chi connectivity index (χ1) is 10.0. The minimum atomic E-state index is -0.202. The lowest BCUT2D eigenvalue weighted by molar-refractivity contribution is 0.102. The Bertz CT molecular complexity index is 818. The number of rotatable bonds is 2. The lowest BCUT2D eigenvalue weighted by Gasteiger charge is -2.10. The smallest absolute Gasteiger partial charge is 0.275 e. The van der Waals surface area contributed by atoms with Crippen LogP contribution in [-0.2, 0) is 0 Å². The Morgan fingerprint density at radius 2 is 1.86 bits per heavy atom. The third-order valence-electron chi connectivity index (χ3n) is 3.37. The number of aryl methyl sites for hydroxylation is 2. The van der Waals surface area contributed by atoms with Gasteiger partial charge in [0.2, 0.25) is 0 Å². The number of amides is 1. The molecule has 0 fully saturated rings.